The van der Waals surface area contributed by atoms with E-state index in [4.69, 9.17) is 23.2 Å². The van der Waals surface area contributed by atoms with E-state index in [1.165, 1.54) is 16.4 Å². The van der Waals surface area contributed by atoms with Crippen molar-refractivity contribution in [1.82, 2.24) is 9.62 Å². The molecule has 0 aliphatic carbocycles. The second-order valence-electron chi connectivity index (χ2n) is 7.05. The highest BCUT2D eigenvalue weighted by atomic mass is 35.5. The summed E-state index contributed by atoms with van der Waals surface area (Å²) in [6, 6.07) is 11.0. The van der Waals surface area contributed by atoms with Crippen LogP contribution in [0.5, 0.6) is 5.75 Å². The lowest BCUT2D eigenvalue weighted by Crippen LogP contribution is -2.43. The fraction of sp³-hybridized carbons (Fsp3) is 0.350. The molecular weight excluding hydrogens is 435 g/mol. The Morgan fingerprint density at radius 3 is 2.31 bits per heavy atom. The highest BCUT2D eigenvalue weighted by molar-refractivity contribution is 7.89. The van der Waals surface area contributed by atoms with Gasteiger partial charge in [0.1, 0.15) is 10.6 Å². The van der Waals surface area contributed by atoms with E-state index in [0.717, 1.165) is 5.56 Å². The van der Waals surface area contributed by atoms with Crippen LogP contribution in [0.25, 0.3) is 0 Å². The van der Waals surface area contributed by atoms with E-state index in [1.54, 1.807) is 24.3 Å². The Balaban J connectivity index is 1.63. The van der Waals surface area contributed by atoms with Gasteiger partial charge in [-0.3, -0.25) is 4.79 Å². The Morgan fingerprint density at radius 1 is 1.14 bits per heavy atom. The van der Waals surface area contributed by atoms with E-state index >= 15 is 0 Å². The van der Waals surface area contributed by atoms with Crippen molar-refractivity contribution in [2.45, 2.75) is 30.7 Å². The van der Waals surface area contributed by atoms with E-state index in [-0.39, 0.29) is 51.6 Å². The van der Waals surface area contributed by atoms with Crippen LogP contribution in [0.2, 0.25) is 10.0 Å². The molecule has 1 saturated heterocycles. The van der Waals surface area contributed by atoms with Crippen LogP contribution >= 0.6 is 23.2 Å². The molecular formula is C20H22Cl2N2O4S. The SMILES string of the molecule is CC(NC(=O)C1CCN(S(=O)(=O)c2c(Cl)cccc2Cl)CC1)c1cccc(O)c1. The summed E-state index contributed by atoms with van der Waals surface area (Å²) in [5.41, 5.74) is 0.798. The van der Waals surface area contributed by atoms with Crippen molar-refractivity contribution < 1.29 is 18.3 Å². The summed E-state index contributed by atoms with van der Waals surface area (Å²) >= 11 is 12.1. The minimum absolute atomic E-state index is 0.0808. The first kappa shape index (κ1) is 21.9. The molecule has 2 aromatic carbocycles. The maximum absolute atomic E-state index is 12.9. The number of sulfonamides is 1. The molecule has 0 spiro atoms. The van der Waals surface area contributed by atoms with Gasteiger partial charge in [0.15, 0.2) is 0 Å². The van der Waals surface area contributed by atoms with Gasteiger partial charge in [-0.15, -0.1) is 0 Å². The van der Waals surface area contributed by atoms with Crippen molar-refractivity contribution in [3.63, 3.8) is 0 Å². The summed E-state index contributed by atoms with van der Waals surface area (Å²) in [6.45, 7) is 2.26. The highest BCUT2D eigenvalue weighted by Crippen LogP contribution is 2.33. The zero-order valence-electron chi connectivity index (χ0n) is 15.8. The average Bonchev–Trinajstić information content (AvgIpc) is 2.67. The molecule has 0 bridgehead atoms. The van der Waals surface area contributed by atoms with Gasteiger partial charge in [0.25, 0.3) is 0 Å². The molecule has 2 N–H and O–H groups in total. The summed E-state index contributed by atoms with van der Waals surface area (Å²) in [5, 5.41) is 12.7. The second-order valence-corrected chi connectivity index (χ2v) is 9.74. The maximum Gasteiger partial charge on any atom is 0.246 e. The van der Waals surface area contributed by atoms with E-state index < -0.39 is 10.0 Å². The Hall–Kier alpha value is -1.80. The highest BCUT2D eigenvalue weighted by Gasteiger charge is 2.34. The van der Waals surface area contributed by atoms with Crippen LogP contribution in [0.3, 0.4) is 0 Å². The van der Waals surface area contributed by atoms with Crippen molar-refractivity contribution in [3.05, 3.63) is 58.1 Å². The van der Waals surface area contributed by atoms with E-state index in [9.17, 15) is 18.3 Å². The number of amides is 1. The van der Waals surface area contributed by atoms with Crippen LogP contribution in [0, 0.1) is 5.92 Å². The van der Waals surface area contributed by atoms with Crippen molar-refractivity contribution in [3.8, 4) is 5.75 Å². The van der Waals surface area contributed by atoms with Gasteiger partial charge in [0.05, 0.1) is 16.1 Å². The molecule has 1 heterocycles. The number of piperidine rings is 1. The van der Waals surface area contributed by atoms with Gasteiger partial charge in [-0.1, -0.05) is 41.4 Å². The molecule has 9 heteroatoms. The Labute approximate surface area is 180 Å². The number of phenols is 1. The first-order valence-corrected chi connectivity index (χ1v) is 11.4. The number of benzene rings is 2. The quantitative estimate of drug-likeness (QED) is 0.711. The lowest BCUT2D eigenvalue weighted by molar-refractivity contribution is -0.126. The standard InChI is InChI=1S/C20H22Cl2N2O4S/c1-13(15-4-2-5-16(25)12-15)23-20(26)14-8-10-24(11-9-14)29(27,28)19-17(21)6-3-7-18(19)22/h2-7,12-14,25H,8-11H2,1H3,(H,23,26). The third-order valence-corrected chi connectivity index (χ3v) is 7.93. The van der Waals surface area contributed by atoms with Crippen LogP contribution in [-0.2, 0) is 14.8 Å². The first-order chi connectivity index (χ1) is 13.7. The zero-order chi connectivity index (χ0) is 21.2. The van der Waals surface area contributed by atoms with Crippen molar-refractivity contribution in [2.75, 3.05) is 13.1 Å². The number of hydrogen-bond acceptors (Lipinski definition) is 4. The molecule has 1 fully saturated rings. The van der Waals surface area contributed by atoms with Crippen molar-refractivity contribution in [1.29, 1.82) is 0 Å². The number of nitrogens with one attached hydrogen (secondary N) is 1. The summed E-state index contributed by atoms with van der Waals surface area (Å²) < 4.78 is 27.2. The predicted octanol–water partition coefficient (Wildman–Crippen LogP) is 3.98. The topological polar surface area (TPSA) is 86.7 Å². The molecule has 29 heavy (non-hydrogen) atoms. The van der Waals surface area contributed by atoms with Crippen LogP contribution in [-0.4, -0.2) is 36.8 Å². The maximum atomic E-state index is 12.9. The van der Waals surface area contributed by atoms with Crippen LogP contribution < -0.4 is 5.32 Å². The molecule has 1 aliphatic rings. The Morgan fingerprint density at radius 2 is 1.72 bits per heavy atom. The molecule has 0 aromatic heterocycles. The molecule has 1 amide bonds. The van der Waals surface area contributed by atoms with E-state index in [0.29, 0.717) is 12.8 Å². The number of carbonyl (C=O) groups excluding carboxylic acids is 1. The smallest absolute Gasteiger partial charge is 0.246 e. The molecule has 0 radical (unpaired) electrons. The van der Waals surface area contributed by atoms with Gasteiger partial charge in [-0.2, -0.15) is 4.31 Å². The fourth-order valence-electron chi connectivity index (χ4n) is 3.43. The summed E-state index contributed by atoms with van der Waals surface area (Å²) in [6.07, 6.45) is 0.805. The molecule has 6 nitrogen and oxygen atoms in total. The van der Waals surface area contributed by atoms with E-state index in [1.807, 2.05) is 13.0 Å². The monoisotopic (exact) mass is 456 g/mol. The number of phenolic OH excluding ortho intramolecular Hbond substituents is 1. The number of carbonyl (C=O) groups is 1. The van der Waals surface area contributed by atoms with Crippen molar-refractivity contribution >= 4 is 39.1 Å². The number of nitrogens with zero attached hydrogens (tertiary/aromatic N) is 1. The molecule has 1 atom stereocenters. The number of aromatic hydroxyl groups is 1. The normalized spacial score (nSPS) is 17.1. The van der Waals surface area contributed by atoms with Gasteiger partial charge < -0.3 is 10.4 Å². The third-order valence-electron chi connectivity index (χ3n) is 5.07. The predicted molar refractivity (Wildman–Crippen MR) is 113 cm³/mol. The van der Waals surface area contributed by atoms with Gasteiger partial charge in [0.2, 0.25) is 15.9 Å². The molecule has 3 rings (SSSR count). The van der Waals surface area contributed by atoms with E-state index in [2.05, 4.69) is 5.32 Å². The largest absolute Gasteiger partial charge is 0.508 e. The fourth-order valence-corrected chi connectivity index (χ4v) is 5.99. The Kier molecular flexibility index (Phi) is 6.73. The lowest BCUT2D eigenvalue weighted by atomic mass is 9.96. The average molecular weight is 457 g/mol. The number of halogens is 2. The molecule has 0 saturated carbocycles. The number of hydrogen-bond donors (Lipinski definition) is 2. The third kappa shape index (κ3) is 4.86. The van der Waals surface area contributed by atoms with Crippen LogP contribution in [0.15, 0.2) is 47.4 Å². The van der Waals surface area contributed by atoms with Crippen LogP contribution in [0.4, 0.5) is 0 Å². The van der Waals surface area contributed by atoms with Gasteiger partial charge in [0, 0.05) is 19.0 Å². The summed E-state index contributed by atoms with van der Waals surface area (Å²) in [7, 11) is -3.83. The first-order valence-electron chi connectivity index (χ1n) is 9.23. The van der Waals surface area contributed by atoms with Gasteiger partial charge >= 0.3 is 0 Å². The van der Waals surface area contributed by atoms with Gasteiger partial charge in [-0.25, -0.2) is 8.42 Å². The minimum atomic E-state index is -3.83. The van der Waals surface area contributed by atoms with Crippen molar-refractivity contribution in [2.24, 2.45) is 5.92 Å². The summed E-state index contributed by atoms with van der Waals surface area (Å²) in [5.74, 6) is -0.281. The minimum Gasteiger partial charge on any atom is -0.508 e. The number of rotatable bonds is 5. The van der Waals surface area contributed by atoms with Crippen LogP contribution in [0.1, 0.15) is 31.4 Å². The Bertz CT molecular complexity index is 985. The summed E-state index contributed by atoms with van der Waals surface area (Å²) in [4.78, 5) is 12.5. The van der Waals surface area contributed by atoms with Gasteiger partial charge in [-0.05, 0) is 49.6 Å². The lowest BCUT2D eigenvalue weighted by Gasteiger charge is -2.31. The molecule has 2 aromatic rings. The zero-order valence-corrected chi connectivity index (χ0v) is 18.1. The second kappa shape index (κ2) is 8.92. The molecule has 156 valence electrons. The molecule has 1 aliphatic heterocycles. The molecule has 1 unspecified atom stereocenters.